The van der Waals surface area contributed by atoms with Crippen molar-refractivity contribution in [3.8, 4) is 16.9 Å². The number of anilines is 1. The quantitative estimate of drug-likeness (QED) is 0.351. The van der Waals surface area contributed by atoms with E-state index in [4.69, 9.17) is 4.42 Å². The van der Waals surface area contributed by atoms with E-state index in [9.17, 15) is 14.0 Å². The maximum absolute atomic E-state index is 13.5. The van der Waals surface area contributed by atoms with Gasteiger partial charge in [0.05, 0.1) is 16.8 Å². The molecule has 0 bridgehead atoms. The lowest BCUT2D eigenvalue weighted by Crippen LogP contribution is -2.23. The standard InChI is InChI=1S/C28H26FN5O3/c1-18-4-6-19(7-5-18)26-23(17-34(31-26)22-11-8-20(29)9-12-22)27(35)30-21-10-13-25-24(16-21)33(28(36)37-25)15-14-32(2)3/h4-13,16-17H,14-15H2,1-3H3,(H,30,35). The first kappa shape index (κ1) is 24.2. The van der Waals surface area contributed by atoms with E-state index in [2.05, 4.69) is 10.4 Å². The van der Waals surface area contributed by atoms with Gasteiger partial charge in [0.25, 0.3) is 5.91 Å². The zero-order valence-electron chi connectivity index (χ0n) is 20.7. The fourth-order valence-electron chi connectivity index (χ4n) is 4.04. The Labute approximate surface area is 212 Å². The van der Waals surface area contributed by atoms with Crippen molar-refractivity contribution in [3.63, 3.8) is 0 Å². The molecule has 0 fully saturated rings. The van der Waals surface area contributed by atoms with Gasteiger partial charge in [-0.2, -0.15) is 5.10 Å². The molecule has 0 aliphatic rings. The van der Waals surface area contributed by atoms with Gasteiger partial charge in [0.1, 0.15) is 11.5 Å². The lowest BCUT2D eigenvalue weighted by atomic mass is 10.1. The van der Waals surface area contributed by atoms with Gasteiger partial charge in [-0.15, -0.1) is 0 Å². The second kappa shape index (κ2) is 9.87. The number of hydrogen-bond acceptors (Lipinski definition) is 5. The second-order valence-electron chi connectivity index (χ2n) is 9.14. The van der Waals surface area contributed by atoms with Crippen LogP contribution in [0.1, 0.15) is 15.9 Å². The van der Waals surface area contributed by atoms with Gasteiger partial charge in [-0.3, -0.25) is 9.36 Å². The summed E-state index contributed by atoms with van der Waals surface area (Å²) in [6.07, 6.45) is 1.63. The van der Waals surface area contributed by atoms with E-state index in [0.717, 1.165) is 11.1 Å². The third kappa shape index (κ3) is 5.07. The molecule has 0 atom stereocenters. The number of carbonyl (C=O) groups excluding carboxylic acids is 1. The van der Waals surface area contributed by atoms with E-state index in [0.29, 0.717) is 46.8 Å². The van der Waals surface area contributed by atoms with Crippen molar-refractivity contribution in [1.82, 2.24) is 19.2 Å². The van der Waals surface area contributed by atoms with Gasteiger partial charge in [0, 0.05) is 30.5 Å². The Morgan fingerprint density at radius 3 is 2.49 bits per heavy atom. The van der Waals surface area contributed by atoms with Crippen molar-refractivity contribution in [2.45, 2.75) is 13.5 Å². The predicted molar refractivity (Wildman–Crippen MR) is 141 cm³/mol. The topological polar surface area (TPSA) is 85.3 Å². The van der Waals surface area contributed by atoms with Crippen molar-refractivity contribution in [2.75, 3.05) is 26.0 Å². The molecule has 5 aromatic rings. The Kier molecular flexibility index (Phi) is 6.45. The average Bonchev–Trinajstić information content (AvgIpc) is 3.44. The number of aryl methyl sites for hydroxylation is 1. The van der Waals surface area contributed by atoms with Crippen LogP contribution in [0.25, 0.3) is 28.0 Å². The Hall–Kier alpha value is -4.50. The maximum Gasteiger partial charge on any atom is 0.419 e. The number of halogens is 1. The lowest BCUT2D eigenvalue weighted by Gasteiger charge is -2.10. The number of likely N-dealkylation sites (N-methyl/N-ethyl adjacent to an activating group) is 1. The number of nitrogens with zero attached hydrogens (tertiary/aromatic N) is 4. The molecule has 37 heavy (non-hydrogen) atoms. The summed E-state index contributed by atoms with van der Waals surface area (Å²) in [6.45, 7) is 3.10. The van der Waals surface area contributed by atoms with Crippen LogP contribution in [-0.4, -0.2) is 45.8 Å². The minimum absolute atomic E-state index is 0.352. The number of rotatable bonds is 7. The molecule has 188 valence electrons. The van der Waals surface area contributed by atoms with Crippen LogP contribution in [0.4, 0.5) is 10.1 Å². The molecule has 9 heteroatoms. The third-order valence-corrected chi connectivity index (χ3v) is 6.07. The van der Waals surface area contributed by atoms with Crippen LogP contribution in [0, 0.1) is 12.7 Å². The SMILES string of the molecule is Cc1ccc(-c2nn(-c3ccc(F)cc3)cc2C(=O)Nc2ccc3oc(=O)n(CCN(C)C)c3c2)cc1. The Balaban J connectivity index is 1.51. The molecule has 0 saturated heterocycles. The van der Waals surface area contributed by atoms with E-state index in [1.165, 1.54) is 12.1 Å². The van der Waals surface area contributed by atoms with E-state index in [1.54, 1.807) is 45.8 Å². The number of fused-ring (bicyclic) bond motifs is 1. The second-order valence-corrected chi connectivity index (χ2v) is 9.14. The first-order chi connectivity index (χ1) is 17.8. The van der Waals surface area contributed by atoms with Crippen LogP contribution in [0.3, 0.4) is 0 Å². The normalized spacial score (nSPS) is 11.4. The molecule has 0 aliphatic heterocycles. The number of carbonyl (C=O) groups is 1. The molecule has 5 rings (SSSR count). The van der Waals surface area contributed by atoms with Gasteiger partial charge < -0.3 is 14.6 Å². The third-order valence-electron chi connectivity index (χ3n) is 6.07. The fraction of sp³-hybridized carbons (Fsp3) is 0.179. The van der Waals surface area contributed by atoms with Crippen molar-refractivity contribution in [2.24, 2.45) is 0 Å². The number of aromatic nitrogens is 3. The summed E-state index contributed by atoms with van der Waals surface area (Å²) in [5.74, 6) is -1.16. The van der Waals surface area contributed by atoms with Crippen molar-refractivity contribution >= 4 is 22.7 Å². The number of hydrogen-bond donors (Lipinski definition) is 1. The molecule has 3 aromatic carbocycles. The van der Waals surface area contributed by atoms with Gasteiger partial charge >= 0.3 is 5.76 Å². The summed E-state index contributed by atoms with van der Waals surface area (Å²) in [5.41, 5.74) is 4.90. The average molecular weight is 500 g/mol. The maximum atomic E-state index is 13.5. The molecule has 0 saturated carbocycles. The number of benzene rings is 3. The first-order valence-electron chi connectivity index (χ1n) is 11.8. The largest absolute Gasteiger partial charge is 0.419 e. The molecule has 8 nitrogen and oxygen atoms in total. The molecule has 0 unspecified atom stereocenters. The lowest BCUT2D eigenvalue weighted by molar-refractivity contribution is 0.102. The highest BCUT2D eigenvalue weighted by atomic mass is 19.1. The van der Waals surface area contributed by atoms with Gasteiger partial charge in [0.2, 0.25) is 0 Å². The summed E-state index contributed by atoms with van der Waals surface area (Å²) in [6, 6.07) is 18.7. The van der Waals surface area contributed by atoms with Crippen LogP contribution in [-0.2, 0) is 6.54 Å². The highest BCUT2D eigenvalue weighted by molar-refractivity contribution is 6.08. The first-order valence-corrected chi connectivity index (χ1v) is 11.8. The van der Waals surface area contributed by atoms with E-state index < -0.39 is 5.76 Å². The Morgan fingerprint density at radius 2 is 1.78 bits per heavy atom. The number of oxazole rings is 1. The summed E-state index contributed by atoms with van der Waals surface area (Å²) in [4.78, 5) is 27.8. The monoisotopic (exact) mass is 499 g/mol. The molecule has 1 N–H and O–H groups in total. The van der Waals surface area contributed by atoms with Gasteiger partial charge in [0.15, 0.2) is 5.58 Å². The van der Waals surface area contributed by atoms with Gasteiger partial charge in [-0.05, 0) is 63.5 Å². The highest BCUT2D eigenvalue weighted by Crippen LogP contribution is 2.26. The van der Waals surface area contributed by atoms with Crippen molar-refractivity contribution < 1.29 is 13.6 Å². The van der Waals surface area contributed by atoms with Crippen LogP contribution < -0.4 is 11.1 Å². The van der Waals surface area contributed by atoms with E-state index in [-0.39, 0.29) is 11.7 Å². The zero-order chi connectivity index (χ0) is 26.1. The zero-order valence-corrected chi connectivity index (χ0v) is 20.7. The van der Waals surface area contributed by atoms with Crippen LogP contribution in [0.2, 0.25) is 0 Å². The van der Waals surface area contributed by atoms with Crippen LogP contribution in [0.15, 0.2) is 82.1 Å². The van der Waals surface area contributed by atoms with Crippen LogP contribution in [0.5, 0.6) is 0 Å². The Bertz CT molecular complexity index is 1630. The van der Waals surface area contributed by atoms with Gasteiger partial charge in [-0.1, -0.05) is 29.8 Å². The van der Waals surface area contributed by atoms with E-state index in [1.807, 2.05) is 50.2 Å². The van der Waals surface area contributed by atoms with Crippen molar-refractivity contribution in [1.29, 1.82) is 0 Å². The predicted octanol–water partition coefficient (Wildman–Crippen LogP) is 4.71. The summed E-state index contributed by atoms with van der Waals surface area (Å²) >= 11 is 0. The molecule has 1 amide bonds. The van der Waals surface area contributed by atoms with Crippen molar-refractivity contribution in [3.05, 3.63) is 100 Å². The minimum Gasteiger partial charge on any atom is -0.408 e. The smallest absolute Gasteiger partial charge is 0.408 e. The summed E-state index contributed by atoms with van der Waals surface area (Å²) < 4.78 is 21.9. The summed E-state index contributed by atoms with van der Waals surface area (Å²) in [5, 5.41) is 7.58. The number of amides is 1. The van der Waals surface area contributed by atoms with Crippen LogP contribution >= 0.6 is 0 Å². The molecule has 2 aromatic heterocycles. The Morgan fingerprint density at radius 1 is 1.05 bits per heavy atom. The molecular formula is C28H26FN5O3. The molecule has 2 heterocycles. The molecule has 0 spiro atoms. The van der Waals surface area contributed by atoms with Gasteiger partial charge in [-0.25, -0.2) is 13.9 Å². The fourth-order valence-corrected chi connectivity index (χ4v) is 4.04. The number of nitrogens with one attached hydrogen (secondary N) is 1. The minimum atomic E-state index is -0.442. The summed E-state index contributed by atoms with van der Waals surface area (Å²) in [7, 11) is 3.85. The molecular weight excluding hydrogens is 473 g/mol. The molecule has 0 radical (unpaired) electrons. The molecule has 0 aliphatic carbocycles. The highest BCUT2D eigenvalue weighted by Gasteiger charge is 2.20. The van der Waals surface area contributed by atoms with E-state index >= 15 is 0 Å².